The molecular weight excluding hydrogens is 230 g/mol. The van der Waals surface area contributed by atoms with Gasteiger partial charge in [-0.3, -0.25) is 0 Å². The Kier molecular flexibility index (Phi) is 4.54. The van der Waals surface area contributed by atoms with Crippen LogP contribution in [0.4, 0.5) is 0 Å². The van der Waals surface area contributed by atoms with Crippen LogP contribution in [0.1, 0.15) is 36.9 Å². The van der Waals surface area contributed by atoms with Gasteiger partial charge in [0.05, 0.1) is 5.01 Å². The molecule has 1 atom stereocenters. The molecule has 4 heteroatoms. The molecule has 0 saturated carbocycles. The molecule has 0 aliphatic carbocycles. The minimum Gasteiger partial charge on any atom is -0.314 e. The molecule has 0 bridgehead atoms. The predicted molar refractivity (Wildman–Crippen MR) is 73.7 cm³/mol. The molecular formula is C13H23N3S. The summed E-state index contributed by atoms with van der Waals surface area (Å²) in [4.78, 5) is 4.48. The van der Waals surface area contributed by atoms with Crippen molar-refractivity contribution in [2.75, 3.05) is 19.6 Å². The smallest absolute Gasteiger partial charge is 0.0940 e. The van der Waals surface area contributed by atoms with Crippen LogP contribution in [0.15, 0.2) is 5.38 Å². The summed E-state index contributed by atoms with van der Waals surface area (Å²) in [6.07, 6.45) is 4.91. The van der Waals surface area contributed by atoms with E-state index in [0.29, 0.717) is 5.54 Å². The van der Waals surface area contributed by atoms with E-state index >= 15 is 0 Å². The minimum atomic E-state index is 0.360. The molecule has 0 amide bonds. The molecule has 0 spiro atoms. The van der Waals surface area contributed by atoms with Gasteiger partial charge in [0, 0.05) is 36.1 Å². The first-order chi connectivity index (χ1) is 8.24. The van der Waals surface area contributed by atoms with Crippen molar-refractivity contribution < 1.29 is 0 Å². The number of hydrogen-bond acceptors (Lipinski definition) is 4. The normalized spacial score (nSPS) is 24.4. The summed E-state index contributed by atoms with van der Waals surface area (Å²) in [6.45, 7) is 7.65. The van der Waals surface area contributed by atoms with Crippen LogP contribution in [0.3, 0.4) is 0 Å². The quantitative estimate of drug-likeness (QED) is 0.763. The molecule has 0 aromatic carbocycles. The van der Waals surface area contributed by atoms with Gasteiger partial charge in [-0.25, -0.2) is 4.98 Å². The minimum absolute atomic E-state index is 0.360. The van der Waals surface area contributed by atoms with E-state index in [4.69, 9.17) is 0 Å². The molecule has 1 saturated heterocycles. The fourth-order valence-corrected chi connectivity index (χ4v) is 3.26. The third-order valence-electron chi connectivity index (χ3n) is 3.65. The van der Waals surface area contributed by atoms with Crippen LogP contribution in [-0.2, 0) is 6.42 Å². The summed E-state index contributed by atoms with van der Waals surface area (Å²) in [7, 11) is 0. The molecule has 1 aromatic rings. The Morgan fingerprint density at radius 1 is 1.59 bits per heavy atom. The zero-order chi connectivity index (χ0) is 12.1. The Morgan fingerprint density at radius 2 is 2.47 bits per heavy atom. The molecule has 1 aliphatic rings. The van der Waals surface area contributed by atoms with E-state index in [1.807, 2.05) is 0 Å². The molecule has 2 heterocycles. The van der Waals surface area contributed by atoms with E-state index in [9.17, 15) is 0 Å². The van der Waals surface area contributed by atoms with E-state index in [0.717, 1.165) is 25.2 Å². The Labute approximate surface area is 108 Å². The van der Waals surface area contributed by atoms with Gasteiger partial charge in [-0.2, -0.15) is 0 Å². The van der Waals surface area contributed by atoms with Gasteiger partial charge in [-0.05, 0) is 32.7 Å². The molecule has 96 valence electrons. The van der Waals surface area contributed by atoms with Gasteiger partial charge in [0.1, 0.15) is 0 Å². The van der Waals surface area contributed by atoms with Crippen LogP contribution in [0, 0.1) is 6.92 Å². The van der Waals surface area contributed by atoms with Gasteiger partial charge in [0.2, 0.25) is 0 Å². The lowest BCUT2D eigenvalue weighted by Crippen LogP contribution is -2.48. The third kappa shape index (κ3) is 3.50. The fraction of sp³-hybridized carbons (Fsp3) is 0.769. The van der Waals surface area contributed by atoms with Crippen molar-refractivity contribution in [1.82, 2.24) is 15.6 Å². The highest BCUT2D eigenvalue weighted by Gasteiger charge is 2.30. The van der Waals surface area contributed by atoms with Crippen LogP contribution in [-0.4, -0.2) is 30.2 Å². The molecule has 1 fully saturated rings. The maximum absolute atomic E-state index is 4.48. The maximum atomic E-state index is 4.48. The van der Waals surface area contributed by atoms with E-state index in [-0.39, 0.29) is 0 Å². The van der Waals surface area contributed by atoms with Crippen LogP contribution in [0.2, 0.25) is 0 Å². The Morgan fingerprint density at radius 3 is 3.06 bits per heavy atom. The zero-order valence-electron chi connectivity index (χ0n) is 10.9. The second-order valence-electron chi connectivity index (χ2n) is 4.97. The van der Waals surface area contributed by atoms with Crippen molar-refractivity contribution in [3.05, 3.63) is 16.1 Å². The van der Waals surface area contributed by atoms with Crippen molar-refractivity contribution in [2.24, 2.45) is 0 Å². The summed E-state index contributed by atoms with van der Waals surface area (Å²) in [5.41, 5.74) is 1.51. The van der Waals surface area contributed by atoms with Gasteiger partial charge < -0.3 is 10.6 Å². The molecule has 3 nitrogen and oxygen atoms in total. The van der Waals surface area contributed by atoms with Crippen molar-refractivity contribution in [2.45, 2.75) is 45.1 Å². The summed E-state index contributed by atoms with van der Waals surface area (Å²) >= 11 is 1.77. The van der Waals surface area contributed by atoms with E-state index in [1.54, 1.807) is 11.3 Å². The summed E-state index contributed by atoms with van der Waals surface area (Å²) in [5, 5.41) is 10.6. The Hall–Kier alpha value is -0.450. The van der Waals surface area contributed by atoms with Gasteiger partial charge >= 0.3 is 0 Å². The number of nitrogens with one attached hydrogen (secondary N) is 2. The standard InChI is InChI=1S/C13H23N3S/c1-3-13(6-4-7-15-13)10-14-8-5-12-16-11(2)9-17-12/h9,14-15H,3-8,10H2,1-2H3. The first-order valence-corrected chi connectivity index (χ1v) is 7.49. The number of hydrogen-bond donors (Lipinski definition) is 2. The predicted octanol–water partition coefficient (Wildman–Crippen LogP) is 2.12. The molecule has 2 N–H and O–H groups in total. The summed E-state index contributed by atoms with van der Waals surface area (Å²) in [6, 6.07) is 0. The average Bonchev–Trinajstić information content (AvgIpc) is 2.95. The molecule has 1 aromatic heterocycles. The molecule has 2 rings (SSSR count). The lowest BCUT2D eigenvalue weighted by atomic mass is 9.94. The van der Waals surface area contributed by atoms with Crippen LogP contribution >= 0.6 is 11.3 Å². The number of aryl methyl sites for hydroxylation is 1. The number of aromatic nitrogens is 1. The lowest BCUT2D eigenvalue weighted by Gasteiger charge is -2.28. The number of thiazole rings is 1. The largest absolute Gasteiger partial charge is 0.314 e. The van der Waals surface area contributed by atoms with E-state index in [2.05, 4.69) is 34.8 Å². The van der Waals surface area contributed by atoms with Gasteiger partial charge in [-0.15, -0.1) is 11.3 Å². The van der Waals surface area contributed by atoms with Gasteiger partial charge in [0.15, 0.2) is 0 Å². The third-order valence-corrected chi connectivity index (χ3v) is 4.68. The van der Waals surface area contributed by atoms with E-state index in [1.165, 1.54) is 30.8 Å². The van der Waals surface area contributed by atoms with Crippen molar-refractivity contribution in [3.63, 3.8) is 0 Å². The van der Waals surface area contributed by atoms with Crippen molar-refractivity contribution in [1.29, 1.82) is 0 Å². The monoisotopic (exact) mass is 253 g/mol. The fourth-order valence-electron chi connectivity index (χ4n) is 2.49. The average molecular weight is 253 g/mol. The summed E-state index contributed by atoms with van der Waals surface area (Å²) < 4.78 is 0. The Bertz CT molecular complexity index is 342. The second-order valence-corrected chi connectivity index (χ2v) is 5.92. The van der Waals surface area contributed by atoms with Crippen LogP contribution in [0.25, 0.3) is 0 Å². The van der Waals surface area contributed by atoms with Crippen molar-refractivity contribution >= 4 is 11.3 Å². The topological polar surface area (TPSA) is 37.0 Å². The van der Waals surface area contributed by atoms with Gasteiger partial charge in [0.25, 0.3) is 0 Å². The second kappa shape index (κ2) is 5.94. The maximum Gasteiger partial charge on any atom is 0.0940 e. The molecule has 1 aliphatic heterocycles. The molecule has 1 unspecified atom stereocenters. The van der Waals surface area contributed by atoms with Gasteiger partial charge in [-0.1, -0.05) is 6.92 Å². The Balaban J connectivity index is 1.69. The summed E-state index contributed by atoms with van der Waals surface area (Å²) in [5.74, 6) is 0. The number of rotatable bonds is 6. The lowest BCUT2D eigenvalue weighted by molar-refractivity contribution is 0.342. The highest BCUT2D eigenvalue weighted by molar-refractivity contribution is 7.09. The van der Waals surface area contributed by atoms with Crippen molar-refractivity contribution in [3.8, 4) is 0 Å². The highest BCUT2D eigenvalue weighted by Crippen LogP contribution is 2.21. The van der Waals surface area contributed by atoms with Crippen LogP contribution < -0.4 is 10.6 Å². The highest BCUT2D eigenvalue weighted by atomic mass is 32.1. The number of nitrogens with zero attached hydrogens (tertiary/aromatic N) is 1. The molecule has 0 radical (unpaired) electrons. The van der Waals surface area contributed by atoms with E-state index < -0.39 is 0 Å². The SMILES string of the molecule is CCC1(CNCCc2nc(C)cs2)CCCN1. The first-order valence-electron chi connectivity index (χ1n) is 6.61. The molecule has 17 heavy (non-hydrogen) atoms. The zero-order valence-corrected chi connectivity index (χ0v) is 11.7. The van der Waals surface area contributed by atoms with Crippen LogP contribution in [0.5, 0.6) is 0 Å². The first kappa shape index (κ1) is 13.0.